The van der Waals surface area contributed by atoms with E-state index in [0.29, 0.717) is 5.69 Å². The molecule has 2 aromatic rings. The van der Waals surface area contributed by atoms with Gasteiger partial charge in [-0.25, -0.2) is 0 Å². The number of nitrogens with zero attached hydrogens (tertiary/aromatic N) is 4. The van der Waals surface area contributed by atoms with Gasteiger partial charge in [-0.15, -0.1) is 0 Å². The molecule has 0 saturated carbocycles. The summed E-state index contributed by atoms with van der Waals surface area (Å²) >= 11 is 0. The first-order valence-corrected chi connectivity index (χ1v) is 11.1. The summed E-state index contributed by atoms with van der Waals surface area (Å²) in [7, 11) is 1.87. The average molecular weight is 411 g/mol. The number of carbonyl (C=O) groups excluding carboxylic acids is 1. The van der Waals surface area contributed by atoms with Crippen molar-refractivity contribution in [3.8, 4) is 0 Å². The lowest BCUT2D eigenvalue weighted by Crippen LogP contribution is -2.36. The second kappa shape index (κ2) is 8.54. The number of amides is 1. The molecule has 1 aliphatic rings. The Labute approximate surface area is 182 Å². The Balaban J connectivity index is 1.62. The number of benzene rings is 1. The van der Waals surface area contributed by atoms with Crippen LogP contribution in [0.4, 0.5) is 0 Å². The van der Waals surface area contributed by atoms with Gasteiger partial charge in [0.15, 0.2) is 0 Å². The Bertz CT molecular complexity index is 868. The van der Waals surface area contributed by atoms with Gasteiger partial charge in [-0.1, -0.05) is 65.8 Å². The molecule has 1 aromatic carbocycles. The molecule has 1 saturated heterocycles. The van der Waals surface area contributed by atoms with Gasteiger partial charge in [-0.05, 0) is 29.0 Å². The zero-order valence-corrected chi connectivity index (χ0v) is 19.8. The van der Waals surface area contributed by atoms with Crippen LogP contribution >= 0.6 is 0 Å². The minimum atomic E-state index is -0.0611. The molecule has 5 nitrogen and oxygen atoms in total. The highest BCUT2D eigenvalue weighted by atomic mass is 16.2. The fraction of sp³-hybridized carbons (Fsp3) is 0.600. The Morgan fingerprint density at radius 3 is 2.17 bits per heavy atom. The van der Waals surface area contributed by atoms with Gasteiger partial charge < -0.3 is 4.90 Å². The van der Waals surface area contributed by atoms with Gasteiger partial charge in [0.05, 0.1) is 5.69 Å². The van der Waals surface area contributed by atoms with Crippen LogP contribution in [0.3, 0.4) is 0 Å². The molecule has 1 fully saturated rings. The van der Waals surface area contributed by atoms with Crippen molar-refractivity contribution < 1.29 is 4.79 Å². The molecule has 1 aromatic heterocycles. The Hall–Kier alpha value is -2.14. The summed E-state index contributed by atoms with van der Waals surface area (Å²) in [5.74, 6) is 0.0943. The van der Waals surface area contributed by atoms with Crippen molar-refractivity contribution in [3.05, 3.63) is 52.8 Å². The summed E-state index contributed by atoms with van der Waals surface area (Å²) in [6.45, 7) is 17.5. The number of hydrogen-bond acceptors (Lipinski definition) is 3. The first kappa shape index (κ1) is 22.5. The predicted octanol–water partition coefficient (Wildman–Crippen LogP) is 4.36. The van der Waals surface area contributed by atoms with E-state index in [0.717, 1.165) is 44.8 Å². The zero-order chi connectivity index (χ0) is 22.1. The third-order valence-electron chi connectivity index (χ3n) is 5.97. The molecule has 3 rings (SSSR count). The SMILES string of the molecule is Cn1nc(C(C)(C)C)cc1C(=O)N1CCCN(Cc2ccc(C(C)(C)C)cc2)CC1. The van der Waals surface area contributed by atoms with Crippen LogP contribution in [-0.4, -0.2) is 51.7 Å². The highest BCUT2D eigenvalue weighted by Gasteiger charge is 2.26. The first-order chi connectivity index (χ1) is 13.9. The quantitative estimate of drug-likeness (QED) is 0.755. The molecule has 5 heteroatoms. The van der Waals surface area contributed by atoms with E-state index in [1.54, 1.807) is 4.68 Å². The van der Waals surface area contributed by atoms with E-state index in [2.05, 4.69) is 75.8 Å². The van der Waals surface area contributed by atoms with E-state index < -0.39 is 0 Å². The molecule has 2 heterocycles. The van der Waals surface area contributed by atoms with Crippen LogP contribution in [0.5, 0.6) is 0 Å². The minimum Gasteiger partial charge on any atom is -0.336 e. The normalized spacial score (nSPS) is 16.6. The van der Waals surface area contributed by atoms with Crippen molar-refractivity contribution in [1.82, 2.24) is 19.6 Å². The van der Waals surface area contributed by atoms with Gasteiger partial charge in [-0.2, -0.15) is 5.10 Å². The lowest BCUT2D eigenvalue weighted by molar-refractivity contribution is 0.0750. The van der Waals surface area contributed by atoms with Gasteiger partial charge in [0.1, 0.15) is 5.69 Å². The molecule has 164 valence electrons. The Morgan fingerprint density at radius 2 is 1.60 bits per heavy atom. The van der Waals surface area contributed by atoms with Crippen LogP contribution in [0.1, 0.15) is 75.3 Å². The standard InChI is InChI=1S/C25H38N4O/c1-24(2,3)20-11-9-19(10-12-20)18-28-13-8-14-29(16-15-28)23(30)21-17-22(25(4,5)6)26-27(21)7/h9-12,17H,8,13-16,18H2,1-7H3. The molecule has 0 aliphatic carbocycles. The summed E-state index contributed by atoms with van der Waals surface area (Å²) in [5, 5.41) is 4.58. The molecule has 0 N–H and O–H groups in total. The van der Waals surface area contributed by atoms with Gasteiger partial charge in [0.25, 0.3) is 5.91 Å². The average Bonchev–Trinajstić information content (AvgIpc) is 2.90. The molecule has 0 atom stereocenters. The van der Waals surface area contributed by atoms with Crippen molar-refractivity contribution in [2.24, 2.45) is 7.05 Å². The number of aromatic nitrogens is 2. The topological polar surface area (TPSA) is 41.4 Å². The summed E-state index contributed by atoms with van der Waals surface area (Å²) in [6, 6.07) is 11.0. The van der Waals surface area contributed by atoms with Crippen molar-refractivity contribution in [2.45, 2.75) is 65.3 Å². The highest BCUT2D eigenvalue weighted by Crippen LogP contribution is 2.24. The largest absolute Gasteiger partial charge is 0.336 e. The maximum absolute atomic E-state index is 13.2. The van der Waals surface area contributed by atoms with Gasteiger partial charge >= 0.3 is 0 Å². The van der Waals surface area contributed by atoms with E-state index in [4.69, 9.17) is 0 Å². The molecule has 30 heavy (non-hydrogen) atoms. The van der Waals surface area contributed by atoms with Gasteiger partial charge in [0.2, 0.25) is 0 Å². The van der Waals surface area contributed by atoms with E-state index in [1.807, 2.05) is 18.0 Å². The number of carbonyl (C=O) groups is 1. The second-order valence-corrected chi connectivity index (χ2v) is 10.7. The van der Waals surface area contributed by atoms with E-state index in [9.17, 15) is 4.79 Å². The third kappa shape index (κ3) is 5.31. The number of rotatable bonds is 3. The van der Waals surface area contributed by atoms with Crippen molar-refractivity contribution in [2.75, 3.05) is 26.2 Å². The van der Waals surface area contributed by atoms with Crippen LogP contribution < -0.4 is 0 Å². The summed E-state index contributed by atoms with van der Waals surface area (Å²) in [5.41, 5.74) is 4.47. The van der Waals surface area contributed by atoms with Gasteiger partial charge in [0, 0.05) is 45.2 Å². The van der Waals surface area contributed by atoms with Crippen molar-refractivity contribution in [3.63, 3.8) is 0 Å². The maximum atomic E-state index is 13.2. The van der Waals surface area contributed by atoms with E-state index in [1.165, 1.54) is 11.1 Å². The molecule has 1 aliphatic heterocycles. The van der Waals surface area contributed by atoms with Gasteiger partial charge in [-0.3, -0.25) is 14.4 Å². The highest BCUT2D eigenvalue weighted by molar-refractivity contribution is 5.92. The second-order valence-electron chi connectivity index (χ2n) is 10.7. The van der Waals surface area contributed by atoms with Crippen molar-refractivity contribution in [1.29, 1.82) is 0 Å². The molecule has 0 bridgehead atoms. The third-order valence-corrected chi connectivity index (χ3v) is 5.97. The molecule has 0 spiro atoms. The zero-order valence-electron chi connectivity index (χ0n) is 19.8. The summed E-state index contributed by atoms with van der Waals surface area (Å²) in [4.78, 5) is 17.6. The first-order valence-electron chi connectivity index (χ1n) is 11.1. The predicted molar refractivity (Wildman–Crippen MR) is 123 cm³/mol. The maximum Gasteiger partial charge on any atom is 0.272 e. The molecule has 1 amide bonds. The molecular formula is C25H38N4O. The lowest BCUT2D eigenvalue weighted by atomic mass is 9.87. The van der Waals surface area contributed by atoms with Crippen LogP contribution in [0.2, 0.25) is 0 Å². The fourth-order valence-electron chi connectivity index (χ4n) is 3.90. The van der Waals surface area contributed by atoms with Crippen LogP contribution in [-0.2, 0) is 24.4 Å². The summed E-state index contributed by atoms with van der Waals surface area (Å²) in [6.07, 6.45) is 0.996. The Morgan fingerprint density at radius 1 is 0.933 bits per heavy atom. The molecular weight excluding hydrogens is 372 g/mol. The molecule has 0 radical (unpaired) electrons. The van der Waals surface area contributed by atoms with Crippen LogP contribution in [0, 0.1) is 0 Å². The number of hydrogen-bond donors (Lipinski definition) is 0. The van der Waals surface area contributed by atoms with Crippen LogP contribution in [0.15, 0.2) is 30.3 Å². The number of aryl methyl sites for hydroxylation is 1. The van der Waals surface area contributed by atoms with Crippen LogP contribution in [0.25, 0.3) is 0 Å². The fourth-order valence-corrected chi connectivity index (χ4v) is 3.90. The lowest BCUT2D eigenvalue weighted by Gasteiger charge is -2.23. The Kier molecular flexibility index (Phi) is 6.42. The smallest absolute Gasteiger partial charge is 0.272 e. The van der Waals surface area contributed by atoms with E-state index in [-0.39, 0.29) is 16.7 Å². The van der Waals surface area contributed by atoms with Crippen molar-refractivity contribution >= 4 is 5.91 Å². The minimum absolute atomic E-state index is 0.0611. The monoisotopic (exact) mass is 410 g/mol. The molecule has 0 unspecified atom stereocenters. The van der Waals surface area contributed by atoms with E-state index >= 15 is 0 Å². The summed E-state index contributed by atoms with van der Waals surface area (Å²) < 4.78 is 1.74.